The predicted molar refractivity (Wildman–Crippen MR) is 31.3 cm³/mol. The molecule has 0 heterocycles. The number of halogens is 2. The molecule has 0 aromatic rings. The fourth-order valence-corrected chi connectivity index (χ4v) is 0.0915. The normalized spacial score (nSPS) is 9.80. The van der Waals surface area contributed by atoms with Gasteiger partial charge in [0.15, 0.2) is 0 Å². The van der Waals surface area contributed by atoms with E-state index >= 15 is 0 Å². The lowest BCUT2D eigenvalue weighted by Gasteiger charge is -2.01. The van der Waals surface area contributed by atoms with Crippen molar-refractivity contribution < 1.29 is 28.6 Å². The molecule has 2 N–H and O–H groups in total. The van der Waals surface area contributed by atoms with Crippen molar-refractivity contribution in [3.8, 4) is 0 Å². The first-order chi connectivity index (χ1) is 3.89. The zero-order chi connectivity index (χ0) is 7.65. The second-order valence-corrected chi connectivity index (χ2v) is 1.18. The van der Waals surface area contributed by atoms with Crippen LogP contribution in [0.15, 0.2) is 0 Å². The number of aliphatic carboxylic acids is 2. The Hall–Kier alpha value is -0.770. The minimum absolute atomic E-state index is 0. The van der Waals surface area contributed by atoms with Gasteiger partial charge in [-0.2, -0.15) is 18.7 Å². The molecule has 0 aromatic heterocycles. The molecule has 0 aliphatic rings. The van der Waals surface area contributed by atoms with Crippen LogP contribution in [0.25, 0.3) is 0 Å². The Labute approximate surface area is 57.5 Å². The summed E-state index contributed by atoms with van der Waals surface area (Å²) in [6, 6.07) is 0. The molecule has 0 fully saturated rings. The van der Waals surface area contributed by atoms with Gasteiger partial charge >= 0.3 is 17.9 Å². The number of carboxylic acid groups (broad SMARTS) is 2. The molecule has 0 radical (unpaired) electrons. The lowest BCUT2D eigenvalue weighted by atomic mass is 10.3. The van der Waals surface area contributed by atoms with Gasteiger partial charge in [-0.05, 0) is 0 Å². The van der Waals surface area contributed by atoms with Crippen LogP contribution >= 0.6 is 9.90 Å². The highest BCUT2D eigenvalue weighted by Crippen LogP contribution is 2.12. The van der Waals surface area contributed by atoms with E-state index in [4.69, 9.17) is 10.2 Å². The molecular formula is C3H5F2O4P. The average molecular weight is 174 g/mol. The van der Waals surface area contributed by atoms with E-state index in [-0.39, 0.29) is 9.90 Å². The number of hydrogen-bond donors (Lipinski definition) is 2. The van der Waals surface area contributed by atoms with Crippen molar-refractivity contribution in [2.75, 3.05) is 0 Å². The molecule has 0 amide bonds. The molecule has 10 heavy (non-hydrogen) atoms. The van der Waals surface area contributed by atoms with E-state index in [0.29, 0.717) is 0 Å². The van der Waals surface area contributed by atoms with E-state index in [1.54, 1.807) is 0 Å². The summed E-state index contributed by atoms with van der Waals surface area (Å²) >= 11 is 0. The zero-order valence-electron chi connectivity index (χ0n) is 4.67. The minimum atomic E-state index is -4.67. The molecule has 1 atom stereocenters. The summed E-state index contributed by atoms with van der Waals surface area (Å²) in [6.07, 6.45) is 0. The molecule has 0 bridgehead atoms. The van der Waals surface area contributed by atoms with E-state index in [1.807, 2.05) is 0 Å². The van der Waals surface area contributed by atoms with Gasteiger partial charge in [0.05, 0.1) is 0 Å². The van der Waals surface area contributed by atoms with Crippen molar-refractivity contribution in [3.63, 3.8) is 0 Å². The Kier molecular flexibility index (Phi) is 4.08. The molecule has 60 valence electrons. The largest absolute Gasteiger partial charge is 0.476 e. The van der Waals surface area contributed by atoms with Gasteiger partial charge in [-0.25, -0.2) is 9.59 Å². The van der Waals surface area contributed by atoms with Gasteiger partial charge in [-0.15, -0.1) is 0 Å². The second kappa shape index (κ2) is 3.41. The second-order valence-electron chi connectivity index (χ2n) is 1.18. The topological polar surface area (TPSA) is 74.6 Å². The molecule has 1 unspecified atom stereocenters. The van der Waals surface area contributed by atoms with E-state index in [1.165, 1.54) is 0 Å². The highest BCUT2D eigenvalue weighted by Gasteiger charge is 2.47. The zero-order valence-corrected chi connectivity index (χ0v) is 6.09. The monoisotopic (exact) mass is 174 g/mol. The molecule has 0 aliphatic heterocycles. The SMILES string of the molecule is O=C(O)C(F)(F)C(=O)O.P. The van der Waals surface area contributed by atoms with E-state index in [2.05, 4.69) is 0 Å². The van der Waals surface area contributed by atoms with E-state index < -0.39 is 17.9 Å². The smallest absolute Gasteiger partial charge is 0.436 e. The van der Waals surface area contributed by atoms with Crippen LogP contribution in [-0.2, 0) is 9.59 Å². The quantitative estimate of drug-likeness (QED) is 0.450. The molecule has 0 aromatic carbocycles. The highest BCUT2D eigenvalue weighted by molar-refractivity contribution is 6.92. The van der Waals surface area contributed by atoms with Crippen LogP contribution in [0.2, 0.25) is 0 Å². The van der Waals surface area contributed by atoms with Crippen LogP contribution < -0.4 is 0 Å². The third-order valence-corrected chi connectivity index (χ3v) is 0.537. The van der Waals surface area contributed by atoms with Crippen molar-refractivity contribution >= 4 is 21.8 Å². The predicted octanol–water partition coefficient (Wildman–Crippen LogP) is -0.151. The van der Waals surface area contributed by atoms with Gasteiger partial charge in [-0.1, -0.05) is 0 Å². The lowest BCUT2D eigenvalue weighted by Crippen LogP contribution is -2.37. The number of alkyl halides is 2. The van der Waals surface area contributed by atoms with E-state index in [9.17, 15) is 18.4 Å². The summed E-state index contributed by atoms with van der Waals surface area (Å²) in [7, 11) is 0. The van der Waals surface area contributed by atoms with Crippen LogP contribution in [0, 0.1) is 0 Å². The minimum Gasteiger partial charge on any atom is -0.476 e. The standard InChI is InChI=1S/C3H2F2O4.H3P/c4-3(5,1(6)7)2(8)9;/h(H,6,7)(H,8,9);1H3. The maximum Gasteiger partial charge on any atom is 0.436 e. The van der Waals surface area contributed by atoms with Crippen LogP contribution in [-0.4, -0.2) is 28.1 Å². The van der Waals surface area contributed by atoms with Crippen LogP contribution in [0.1, 0.15) is 0 Å². The van der Waals surface area contributed by atoms with Crippen LogP contribution in [0.5, 0.6) is 0 Å². The first-order valence-electron chi connectivity index (χ1n) is 1.73. The summed E-state index contributed by atoms with van der Waals surface area (Å²) in [5, 5.41) is 15.0. The van der Waals surface area contributed by atoms with Crippen molar-refractivity contribution in [1.29, 1.82) is 0 Å². The molecule has 0 aliphatic carbocycles. The van der Waals surface area contributed by atoms with Crippen molar-refractivity contribution in [2.24, 2.45) is 0 Å². The molecule has 4 nitrogen and oxygen atoms in total. The van der Waals surface area contributed by atoms with Crippen LogP contribution in [0.3, 0.4) is 0 Å². The van der Waals surface area contributed by atoms with Crippen molar-refractivity contribution in [2.45, 2.75) is 5.92 Å². The third-order valence-electron chi connectivity index (χ3n) is 0.537. The van der Waals surface area contributed by atoms with Gasteiger partial charge in [0, 0.05) is 0 Å². The Morgan fingerprint density at radius 1 is 1.10 bits per heavy atom. The third kappa shape index (κ3) is 2.23. The van der Waals surface area contributed by atoms with E-state index in [0.717, 1.165) is 0 Å². The van der Waals surface area contributed by atoms with Gasteiger partial charge < -0.3 is 10.2 Å². The summed E-state index contributed by atoms with van der Waals surface area (Å²) in [6.45, 7) is 0. The summed E-state index contributed by atoms with van der Waals surface area (Å²) in [5.41, 5.74) is 0. The first kappa shape index (κ1) is 12.0. The summed E-state index contributed by atoms with van der Waals surface area (Å²) in [4.78, 5) is 18.7. The Morgan fingerprint density at radius 3 is 1.30 bits per heavy atom. The maximum atomic E-state index is 11.5. The van der Waals surface area contributed by atoms with Crippen LogP contribution in [0.4, 0.5) is 8.78 Å². The highest BCUT2D eigenvalue weighted by atomic mass is 31.0. The Bertz CT molecular complexity index is 141. The molecule has 0 saturated carbocycles. The molecule has 0 spiro atoms. The van der Waals surface area contributed by atoms with Crippen molar-refractivity contribution in [3.05, 3.63) is 0 Å². The van der Waals surface area contributed by atoms with Gasteiger partial charge in [0.25, 0.3) is 0 Å². The van der Waals surface area contributed by atoms with Gasteiger partial charge in [0.2, 0.25) is 0 Å². The Balaban J connectivity index is 0. The number of carbonyl (C=O) groups is 2. The summed E-state index contributed by atoms with van der Waals surface area (Å²) < 4.78 is 22.9. The number of hydrogen-bond acceptors (Lipinski definition) is 2. The molecule has 7 heteroatoms. The molecular weight excluding hydrogens is 169 g/mol. The lowest BCUT2D eigenvalue weighted by molar-refractivity contribution is -0.182. The number of rotatable bonds is 2. The number of carboxylic acids is 2. The fraction of sp³-hybridized carbons (Fsp3) is 0.333. The van der Waals surface area contributed by atoms with Crippen molar-refractivity contribution in [1.82, 2.24) is 0 Å². The average Bonchev–Trinajstić information content (AvgIpc) is 1.65. The summed E-state index contributed by atoms with van der Waals surface area (Å²) in [5.74, 6) is -9.98. The first-order valence-corrected chi connectivity index (χ1v) is 1.73. The maximum absolute atomic E-state index is 11.5. The Morgan fingerprint density at radius 2 is 1.30 bits per heavy atom. The molecule has 0 rings (SSSR count). The molecule has 0 saturated heterocycles. The fourth-order valence-electron chi connectivity index (χ4n) is 0.0915. The van der Waals surface area contributed by atoms with Gasteiger partial charge in [0.1, 0.15) is 0 Å². The van der Waals surface area contributed by atoms with Gasteiger partial charge in [-0.3, -0.25) is 0 Å².